The summed E-state index contributed by atoms with van der Waals surface area (Å²) in [6, 6.07) is 11.4. The van der Waals surface area contributed by atoms with Crippen LogP contribution in [0.2, 0.25) is 0 Å². The second kappa shape index (κ2) is 14.7. The van der Waals surface area contributed by atoms with Gasteiger partial charge in [-0.3, -0.25) is 10.1 Å². The van der Waals surface area contributed by atoms with Crippen molar-refractivity contribution in [1.29, 1.82) is 0 Å². The molecule has 2 aliphatic rings. The molecule has 0 fully saturated rings. The van der Waals surface area contributed by atoms with Crippen molar-refractivity contribution in [2.24, 2.45) is 0 Å². The highest BCUT2D eigenvalue weighted by Crippen LogP contribution is 2.41. The molecular formula is C40H53NO10. The predicted molar refractivity (Wildman–Crippen MR) is 192 cm³/mol. The van der Waals surface area contributed by atoms with E-state index in [0.717, 1.165) is 44.9 Å². The third kappa shape index (κ3) is 9.39. The summed E-state index contributed by atoms with van der Waals surface area (Å²) in [4.78, 5) is 11.7. The SMILES string of the molecule is COCOc1c(COCc2cc(C(C)(C)C)cc3c2OC(C)(C)OC3)cc([N+](=O)[O-])cc1COCc1cc(C(C)(C)C)cc2c1OC(C)(C)OC2. The summed E-state index contributed by atoms with van der Waals surface area (Å²) in [6.07, 6.45) is 0. The number of non-ortho nitro benzene ring substituents is 1. The highest BCUT2D eigenvalue weighted by atomic mass is 16.7. The molecule has 0 spiro atoms. The van der Waals surface area contributed by atoms with E-state index in [1.807, 2.05) is 27.7 Å². The number of nitro groups is 1. The molecular weight excluding hydrogens is 654 g/mol. The Kier molecular flexibility index (Phi) is 11.1. The molecule has 0 amide bonds. The Morgan fingerprint density at radius 1 is 0.686 bits per heavy atom. The number of fused-ring (bicyclic) bond motifs is 2. The summed E-state index contributed by atoms with van der Waals surface area (Å²) in [5.74, 6) is 0.310. The summed E-state index contributed by atoms with van der Waals surface area (Å²) >= 11 is 0. The largest absolute Gasteiger partial charge is 0.467 e. The smallest absolute Gasteiger partial charge is 0.270 e. The lowest BCUT2D eigenvalue weighted by molar-refractivity contribution is -0.385. The van der Waals surface area contributed by atoms with Gasteiger partial charge in [0.25, 0.3) is 5.69 Å². The van der Waals surface area contributed by atoms with E-state index in [1.165, 1.54) is 19.2 Å². The van der Waals surface area contributed by atoms with Crippen molar-refractivity contribution in [1.82, 2.24) is 0 Å². The second-order valence-electron chi connectivity index (χ2n) is 16.2. The van der Waals surface area contributed by atoms with E-state index in [9.17, 15) is 10.1 Å². The molecule has 0 aromatic heterocycles. The summed E-state index contributed by atoms with van der Waals surface area (Å²) in [6.45, 7) is 21.7. The van der Waals surface area contributed by atoms with Gasteiger partial charge in [0.05, 0.1) is 44.6 Å². The maximum atomic E-state index is 12.1. The molecule has 11 nitrogen and oxygen atoms in total. The van der Waals surface area contributed by atoms with Crippen LogP contribution in [0.4, 0.5) is 5.69 Å². The van der Waals surface area contributed by atoms with Crippen LogP contribution in [-0.4, -0.2) is 30.4 Å². The standard InChI is InChI=1S/C40H53NO10/c1-37(2,3)31-12-25(35-27(14-31)22-48-39(7,8)50-35)18-45-20-29-16-33(41(42)43)17-30(34(29)47-24-44-11)21-46-19-26-13-32(38(4,5)6)15-28-23-49-40(9,10)51-36(26)28/h12-17H,18-24H2,1-11H3. The molecule has 0 saturated carbocycles. The lowest BCUT2D eigenvalue weighted by atomic mass is 9.84. The lowest BCUT2D eigenvalue weighted by Crippen LogP contribution is -2.36. The summed E-state index contributed by atoms with van der Waals surface area (Å²) in [5, 5.41) is 12.1. The Hall–Kier alpha value is -3.74. The number of nitrogens with zero attached hydrogens (tertiary/aromatic N) is 1. The van der Waals surface area contributed by atoms with Gasteiger partial charge in [0, 0.05) is 80.3 Å². The van der Waals surface area contributed by atoms with Crippen molar-refractivity contribution >= 4 is 5.69 Å². The van der Waals surface area contributed by atoms with Crippen molar-refractivity contribution in [2.45, 2.75) is 131 Å². The van der Waals surface area contributed by atoms with Crippen LogP contribution in [0.5, 0.6) is 17.2 Å². The zero-order chi connectivity index (χ0) is 37.4. The van der Waals surface area contributed by atoms with Crippen LogP contribution < -0.4 is 14.2 Å². The van der Waals surface area contributed by atoms with Crippen LogP contribution in [0.1, 0.15) is 114 Å². The number of hydrogen-bond donors (Lipinski definition) is 0. The van der Waals surface area contributed by atoms with Crippen LogP contribution in [0.15, 0.2) is 36.4 Å². The van der Waals surface area contributed by atoms with E-state index in [4.69, 9.17) is 37.9 Å². The monoisotopic (exact) mass is 707 g/mol. The van der Waals surface area contributed by atoms with Gasteiger partial charge in [0.2, 0.25) is 11.6 Å². The van der Waals surface area contributed by atoms with Gasteiger partial charge in [0.1, 0.15) is 17.2 Å². The van der Waals surface area contributed by atoms with E-state index in [2.05, 4.69) is 65.8 Å². The van der Waals surface area contributed by atoms with Crippen LogP contribution in [0.3, 0.4) is 0 Å². The number of methoxy groups -OCH3 is 1. The molecule has 3 aromatic rings. The van der Waals surface area contributed by atoms with Gasteiger partial charge >= 0.3 is 0 Å². The second-order valence-corrected chi connectivity index (χ2v) is 16.2. The molecule has 51 heavy (non-hydrogen) atoms. The topological polar surface area (TPSA) is 117 Å². The Balaban J connectivity index is 1.42. The first kappa shape index (κ1) is 38.5. The fraction of sp³-hybridized carbons (Fsp3) is 0.550. The minimum Gasteiger partial charge on any atom is -0.467 e. The molecule has 0 N–H and O–H groups in total. The minimum atomic E-state index is -0.787. The van der Waals surface area contributed by atoms with Crippen molar-refractivity contribution < 1.29 is 42.8 Å². The first-order valence-corrected chi connectivity index (χ1v) is 17.3. The average molecular weight is 708 g/mol. The highest BCUT2D eigenvalue weighted by molar-refractivity contribution is 5.51. The van der Waals surface area contributed by atoms with Gasteiger partial charge < -0.3 is 37.9 Å². The molecule has 0 aliphatic carbocycles. The van der Waals surface area contributed by atoms with Crippen molar-refractivity contribution in [3.63, 3.8) is 0 Å². The number of nitro benzene ring substituents is 1. The molecule has 11 heteroatoms. The van der Waals surface area contributed by atoms with Crippen LogP contribution >= 0.6 is 0 Å². The first-order valence-electron chi connectivity index (χ1n) is 17.3. The van der Waals surface area contributed by atoms with E-state index < -0.39 is 16.5 Å². The van der Waals surface area contributed by atoms with Crippen molar-refractivity contribution in [3.8, 4) is 17.2 Å². The highest BCUT2D eigenvalue weighted by Gasteiger charge is 2.33. The molecule has 0 bridgehead atoms. The van der Waals surface area contributed by atoms with Gasteiger partial charge in [-0.1, -0.05) is 41.5 Å². The van der Waals surface area contributed by atoms with Gasteiger partial charge in [-0.15, -0.1) is 0 Å². The van der Waals surface area contributed by atoms with Gasteiger partial charge in [0.15, 0.2) is 6.79 Å². The fourth-order valence-corrected chi connectivity index (χ4v) is 6.02. The maximum Gasteiger partial charge on any atom is 0.270 e. The Bertz CT molecular complexity index is 1630. The van der Waals surface area contributed by atoms with Crippen LogP contribution in [0, 0.1) is 10.1 Å². The molecule has 0 unspecified atom stereocenters. The number of benzene rings is 3. The normalized spacial score (nSPS) is 16.5. The zero-order valence-electron chi connectivity index (χ0n) is 31.9. The summed E-state index contributed by atoms with van der Waals surface area (Å²) in [5.41, 5.74) is 6.58. The van der Waals surface area contributed by atoms with Gasteiger partial charge in [-0.2, -0.15) is 0 Å². The van der Waals surface area contributed by atoms with Crippen molar-refractivity contribution in [3.05, 3.63) is 91.0 Å². The molecule has 3 aromatic carbocycles. The maximum absolute atomic E-state index is 12.1. The van der Waals surface area contributed by atoms with Crippen LogP contribution in [0.25, 0.3) is 0 Å². The molecule has 5 rings (SSSR count). The quantitative estimate of drug-likeness (QED) is 0.103. The van der Waals surface area contributed by atoms with Gasteiger partial charge in [-0.25, -0.2) is 0 Å². The third-order valence-corrected chi connectivity index (χ3v) is 8.85. The average Bonchev–Trinajstić information content (AvgIpc) is 3.02. The number of rotatable bonds is 12. The Labute approximate surface area is 301 Å². The molecule has 2 heterocycles. The molecule has 0 saturated heterocycles. The summed E-state index contributed by atoms with van der Waals surface area (Å²) < 4.78 is 48.2. The zero-order valence-corrected chi connectivity index (χ0v) is 31.9. The number of hydrogen-bond acceptors (Lipinski definition) is 10. The first-order chi connectivity index (χ1) is 23.8. The lowest BCUT2D eigenvalue weighted by Gasteiger charge is -2.35. The fourth-order valence-electron chi connectivity index (χ4n) is 6.02. The molecule has 278 valence electrons. The van der Waals surface area contributed by atoms with E-state index >= 15 is 0 Å². The van der Waals surface area contributed by atoms with Crippen molar-refractivity contribution in [2.75, 3.05) is 13.9 Å². The van der Waals surface area contributed by atoms with E-state index in [0.29, 0.717) is 30.1 Å². The number of ether oxygens (including phenoxy) is 8. The van der Waals surface area contributed by atoms with E-state index in [1.54, 1.807) is 0 Å². The Morgan fingerprint density at radius 2 is 1.10 bits per heavy atom. The predicted octanol–water partition coefficient (Wildman–Crippen LogP) is 8.90. The van der Waals surface area contributed by atoms with Crippen LogP contribution in [-0.2, 0) is 74.2 Å². The molecule has 0 radical (unpaired) electrons. The minimum absolute atomic E-state index is 0.0339. The molecule has 2 aliphatic heterocycles. The Morgan fingerprint density at radius 3 is 1.47 bits per heavy atom. The third-order valence-electron chi connectivity index (χ3n) is 8.85. The summed E-state index contributed by atoms with van der Waals surface area (Å²) in [7, 11) is 1.52. The molecule has 0 atom stereocenters. The van der Waals surface area contributed by atoms with E-state index in [-0.39, 0.29) is 49.7 Å². The van der Waals surface area contributed by atoms with Gasteiger partial charge in [-0.05, 0) is 46.2 Å².